The molecule has 0 heterocycles. The van der Waals surface area contributed by atoms with E-state index >= 15 is 0 Å². The molecule has 5 heteroatoms. The predicted octanol–water partition coefficient (Wildman–Crippen LogP) is 4.26. The van der Waals surface area contributed by atoms with Crippen molar-refractivity contribution in [2.45, 2.75) is 90.4 Å². The number of rotatable bonds is 12. The number of amides is 1. The number of carboxylic acid groups (broad SMARTS) is 1. The molecular weight excluding hydrogens is 292 g/mol. The van der Waals surface area contributed by atoms with Crippen molar-refractivity contribution < 1.29 is 14.7 Å². The molecule has 0 aromatic heterocycles. The summed E-state index contributed by atoms with van der Waals surface area (Å²) in [5, 5.41) is 13.0. The summed E-state index contributed by atoms with van der Waals surface area (Å²) in [5.74, 6) is -0.166. The van der Waals surface area contributed by atoms with Gasteiger partial charge in [-0.15, -0.1) is 0 Å². The molecule has 0 spiro atoms. The molecule has 23 heavy (non-hydrogen) atoms. The number of nitrogens with one attached hydrogen (secondary N) is 1. The fourth-order valence-electron chi connectivity index (χ4n) is 3.10. The standard InChI is InChI=1S/C18H32N2O3/c1-2-3-6-13-17(21)20-19-16-12-9-11-15(16)10-7-4-5-8-14-18(22)23/h15H,2-14H2,1H3,(H,20,21)(H,22,23)/b19-16+/t15-/m0/s1. The Bertz CT molecular complexity index is 394. The molecule has 2 N–H and O–H groups in total. The van der Waals surface area contributed by atoms with E-state index in [9.17, 15) is 9.59 Å². The molecule has 1 amide bonds. The quantitative estimate of drug-likeness (QED) is 0.416. The summed E-state index contributed by atoms with van der Waals surface area (Å²) in [5.41, 5.74) is 3.87. The second kappa shape index (κ2) is 12.1. The van der Waals surface area contributed by atoms with E-state index in [2.05, 4.69) is 17.5 Å². The summed E-state index contributed by atoms with van der Waals surface area (Å²) in [7, 11) is 0. The number of unbranched alkanes of at least 4 members (excludes halogenated alkanes) is 5. The summed E-state index contributed by atoms with van der Waals surface area (Å²) >= 11 is 0. The average Bonchev–Trinajstić information content (AvgIpc) is 2.96. The number of hydrazone groups is 1. The fraction of sp³-hybridized carbons (Fsp3) is 0.833. The van der Waals surface area contributed by atoms with Crippen LogP contribution < -0.4 is 5.43 Å². The van der Waals surface area contributed by atoms with Crippen molar-refractivity contribution in [1.82, 2.24) is 5.43 Å². The number of nitrogens with zero attached hydrogens (tertiary/aromatic N) is 1. The van der Waals surface area contributed by atoms with E-state index in [4.69, 9.17) is 5.11 Å². The van der Waals surface area contributed by atoms with Crippen LogP contribution in [0.4, 0.5) is 0 Å². The molecule has 1 saturated carbocycles. The van der Waals surface area contributed by atoms with Gasteiger partial charge in [-0.2, -0.15) is 5.10 Å². The van der Waals surface area contributed by atoms with Crippen LogP contribution in [0.3, 0.4) is 0 Å². The van der Waals surface area contributed by atoms with Crippen molar-refractivity contribution in [3.05, 3.63) is 0 Å². The van der Waals surface area contributed by atoms with E-state index in [-0.39, 0.29) is 12.3 Å². The Hall–Kier alpha value is -1.39. The third kappa shape index (κ3) is 9.36. The topological polar surface area (TPSA) is 78.8 Å². The van der Waals surface area contributed by atoms with Crippen molar-refractivity contribution >= 4 is 17.6 Å². The first kappa shape index (κ1) is 19.7. The Labute approximate surface area is 139 Å². The van der Waals surface area contributed by atoms with E-state index < -0.39 is 5.97 Å². The molecule has 0 aliphatic heterocycles. The highest BCUT2D eigenvalue weighted by Crippen LogP contribution is 2.27. The number of aliphatic carboxylic acids is 1. The van der Waals surface area contributed by atoms with Gasteiger partial charge in [0.05, 0.1) is 0 Å². The van der Waals surface area contributed by atoms with Gasteiger partial charge in [0, 0.05) is 18.6 Å². The lowest BCUT2D eigenvalue weighted by Gasteiger charge is -2.11. The van der Waals surface area contributed by atoms with E-state index in [0.717, 1.165) is 69.9 Å². The SMILES string of the molecule is CCCCCC(=O)N/N=C1\CCC[C@@H]1CCCCCCC(=O)O. The normalized spacial score (nSPS) is 19.2. The van der Waals surface area contributed by atoms with Crippen LogP contribution in [0.25, 0.3) is 0 Å². The van der Waals surface area contributed by atoms with E-state index in [1.165, 1.54) is 6.42 Å². The maximum Gasteiger partial charge on any atom is 0.303 e. The van der Waals surface area contributed by atoms with Gasteiger partial charge in [-0.05, 0) is 44.4 Å². The lowest BCUT2D eigenvalue weighted by Crippen LogP contribution is -2.20. The van der Waals surface area contributed by atoms with Crippen molar-refractivity contribution in [2.24, 2.45) is 11.0 Å². The Kier molecular flexibility index (Phi) is 10.3. The molecule has 0 radical (unpaired) electrons. The van der Waals surface area contributed by atoms with Crippen LogP contribution in [0.5, 0.6) is 0 Å². The summed E-state index contributed by atoms with van der Waals surface area (Å²) in [6.45, 7) is 2.13. The molecule has 1 aliphatic rings. The van der Waals surface area contributed by atoms with Gasteiger partial charge in [0.25, 0.3) is 0 Å². The van der Waals surface area contributed by atoms with Crippen molar-refractivity contribution in [3.63, 3.8) is 0 Å². The molecule has 0 bridgehead atoms. The average molecular weight is 324 g/mol. The highest BCUT2D eigenvalue weighted by atomic mass is 16.4. The van der Waals surface area contributed by atoms with Gasteiger partial charge < -0.3 is 5.11 Å². The van der Waals surface area contributed by atoms with Gasteiger partial charge in [0.15, 0.2) is 0 Å². The lowest BCUT2D eigenvalue weighted by atomic mass is 9.98. The van der Waals surface area contributed by atoms with Crippen LogP contribution in [0.2, 0.25) is 0 Å². The number of hydrogen-bond donors (Lipinski definition) is 2. The summed E-state index contributed by atoms with van der Waals surface area (Å²) < 4.78 is 0. The number of carboxylic acids is 1. The largest absolute Gasteiger partial charge is 0.481 e. The highest BCUT2D eigenvalue weighted by molar-refractivity contribution is 5.89. The summed E-state index contributed by atoms with van der Waals surface area (Å²) in [6.07, 6.45) is 12.4. The smallest absolute Gasteiger partial charge is 0.303 e. The second-order valence-electron chi connectivity index (χ2n) is 6.53. The first-order chi connectivity index (χ1) is 11.1. The Morgan fingerprint density at radius 1 is 1.13 bits per heavy atom. The third-order valence-corrected chi connectivity index (χ3v) is 4.48. The minimum absolute atomic E-state index is 0.0327. The molecular formula is C18H32N2O3. The predicted molar refractivity (Wildman–Crippen MR) is 92.4 cm³/mol. The number of carbonyl (C=O) groups excluding carboxylic acids is 1. The third-order valence-electron chi connectivity index (χ3n) is 4.48. The maximum absolute atomic E-state index is 11.7. The maximum atomic E-state index is 11.7. The lowest BCUT2D eigenvalue weighted by molar-refractivity contribution is -0.137. The zero-order valence-corrected chi connectivity index (χ0v) is 14.5. The molecule has 0 aromatic rings. The zero-order chi connectivity index (χ0) is 16.9. The van der Waals surface area contributed by atoms with Crippen molar-refractivity contribution in [1.29, 1.82) is 0 Å². The summed E-state index contributed by atoms with van der Waals surface area (Å²) in [6, 6.07) is 0. The molecule has 1 atom stereocenters. The van der Waals surface area contributed by atoms with Crippen LogP contribution in [-0.2, 0) is 9.59 Å². The van der Waals surface area contributed by atoms with E-state index in [1.807, 2.05) is 0 Å². The first-order valence-corrected chi connectivity index (χ1v) is 9.20. The minimum atomic E-state index is -0.704. The molecule has 0 unspecified atom stereocenters. The van der Waals surface area contributed by atoms with Gasteiger partial charge in [-0.1, -0.05) is 39.0 Å². The van der Waals surface area contributed by atoms with Crippen LogP contribution in [0.15, 0.2) is 5.10 Å². The Morgan fingerprint density at radius 2 is 1.87 bits per heavy atom. The molecule has 5 nitrogen and oxygen atoms in total. The molecule has 1 rings (SSSR count). The molecule has 1 fully saturated rings. The van der Waals surface area contributed by atoms with Gasteiger partial charge in [-0.25, -0.2) is 5.43 Å². The minimum Gasteiger partial charge on any atom is -0.481 e. The van der Waals surface area contributed by atoms with Crippen molar-refractivity contribution in [3.8, 4) is 0 Å². The monoisotopic (exact) mass is 324 g/mol. The van der Waals surface area contributed by atoms with Gasteiger partial charge >= 0.3 is 5.97 Å². The van der Waals surface area contributed by atoms with E-state index in [0.29, 0.717) is 12.3 Å². The Morgan fingerprint density at radius 3 is 2.61 bits per heavy atom. The molecule has 0 saturated heterocycles. The van der Waals surface area contributed by atoms with Crippen LogP contribution in [0.1, 0.15) is 90.4 Å². The first-order valence-electron chi connectivity index (χ1n) is 9.20. The number of carbonyl (C=O) groups is 2. The summed E-state index contributed by atoms with van der Waals surface area (Å²) in [4.78, 5) is 22.1. The van der Waals surface area contributed by atoms with Crippen LogP contribution in [-0.4, -0.2) is 22.7 Å². The van der Waals surface area contributed by atoms with Gasteiger partial charge in [0.2, 0.25) is 5.91 Å². The highest BCUT2D eigenvalue weighted by Gasteiger charge is 2.22. The van der Waals surface area contributed by atoms with Crippen LogP contribution in [0, 0.1) is 5.92 Å². The molecule has 1 aliphatic carbocycles. The zero-order valence-electron chi connectivity index (χ0n) is 14.5. The van der Waals surface area contributed by atoms with E-state index in [1.54, 1.807) is 0 Å². The van der Waals surface area contributed by atoms with Crippen molar-refractivity contribution in [2.75, 3.05) is 0 Å². The Balaban J connectivity index is 2.18. The van der Waals surface area contributed by atoms with Gasteiger partial charge in [-0.3, -0.25) is 9.59 Å². The molecule has 0 aromatic carbocycles. The number of hydrogen-bond acceptors (Lipinski definition) is 3. The van der Waals surface area contributed by atoms with Crippen LogP contribution >= 0.6 is 0 Å². The second-order valence-corrected chi connectivity index (χ2v) is 6.53. The fourth-order valence-corrected chi connectivity index (χ4v) is 3.10. The molecule has 132 valence electrons. The van der Waals surface area contributed by atoms with Gasteiger partial charge in [0.1, 0.15) is 0 Å².